The molecule has 1 saturated heterocycles. The highest BCUT2D eigenvalue weighted by molar-refractivity contribution is 5.95. The zero-order valence-corrected chi connectivity index (χ0v) is 17.0. The number of morpholine rings is 1. The second kappa shape index (κ2) is 8.28. The van der Waals surface area contributed by atoms with E-state index in [1.807, 2.05) is 24.3 Å². The van der Waals surface area contributed by atoms with Gasteiger partial charge in [0.2, 0.25) is 0 Å². The van der Waals surface area contributed by atoms with Crippen LogP contribution in [0, 0.1) is 0 Å². The summed E-state index contributed by atoms with van der Waals surface area (Å²) in [5, 5.41) is 2.70. The molecule has 158 valence electrons. The minimum atomic E-state index is -0.550. The molecule has 2 aromatic carbocycles. The van der Waals surface area contributed by atoms with Gasteiger partial charge in [-0.05, 0) is 28.3 Å². The van der Waals surface area contributed by atoms with E-state index < -0.39 is 6.09 Å². The molecule has 0 bridgehead atoms. The van der Waals surface area contributed by atoms with E-state index in [9.17, 15) is 9.59 Å². The Morgan fingerprint density at radius 2 is 1.68 bits per heavy atom. The summed E-state index contributed by atoms with van der Waals surface area (Å²) in [6.45, 7) is 2.44. The normalized spacial score (nSPS) is 15.3. The van der Waals surface area contributed by atoms with Crippen molar-refractivity contribution in [3.8, 4) is 11.1 Å². The molecule has 0 atom stereocenters. The number of ether oxygens (including phenoxy) is 2. The lowest BCUT2D eigenvalue weighted by molar-refractivity contribution is 0.0299. The molecular formula is C24H23N3O4. The van der Waals surface area contributed by atoms with E-state index in [0.29, 0.717) is 37.7 Å². The van der Waals surface area contributed by atoms with Crippen molar-refractivity contribution in [2.24, 2.45) is 0 Å². The van der Waals surface area contributed by atoms with Gasteiger partial charge in [0.05, 0.1) is 18.9 Å². The summed E-state index contributed by atoms with van der Waals surface area (Å²) in [6.07, 6.45) is 1.04. The fourth-order valence-electron chi connectivity index (χ4n) is 4.28. The molecule has 7 nitrogen and oxygen atoms in total. The number of rotatable bonds is 4. The van der Waals surface area contributed by atoms with Crippen molar-refractivity contribution >= 4 is 17.7 Å². The van der Waals surface area contributed by atoms with Crippen LogP contribution in [0.1, 0.15) is 27.5 Å². The Kier molecular flexibility index (Phi) is 5.18. The summed E-state index contributed by atoms with van der Waals surface area (Å²) in [6, 6.07) is 18.0. The molecule has 1 aliphatic heterocycles. The first-order valence-corrected chi connectivity index (χ1v) is 10.4. The first-order chi connectivity index (χ1) is 15.2. The van der Waals surface area contributed by atoms with Crippen LogP contribution in [0.2, 0.25) is 0 Å². The number of carbonyl (C=O) groups is 2. The lowest BCUT2D eigenvalue weighted by Gasteiger charge is -2.26. The van der Waals surface area contributed by atoms with Crippen LogP contribution in [0.3, 0.4) is 0 Å². The average Bonchev–Trinajstić information content (AvgIpc) is 3.40. The fraction of sp³-hybridized carbons (Fsp3) is 0.250. The Labute approximate surface area is 180 Å². The molecule has 7 heteroatoms. The predicted molar refractivity (Wildman–Crippen MR) is 116 cm³/mol. The second-order valence-electron chi connectivity index (χ2n) is 7.66. The maximum Gasteiger partial charge on any atom is 0.411 e. The molecule has 0 spiro atoms. The summed E-state index contributed by atoms with van der Waals surface area (Å²) in [5.74, 6) is -0.105. The summed E-state index contributed by atoms with van der Waals surface area (Å²) >= 11 is 0. The third kappa shape index (κ3) is 3.80. The number of aromatic nitrogens is 1. The Morgan fingerprint density at radius 1 is 1.03 bits per heavy atom. The number of benzene rings is 2. The number of nitrogens with one attached hydrogen (secondary N) is 2. The van der Waals surface area contributed by atoms with Gasteiger partial charge in [-0.3, -0.25) is 10.1 Å². The van der Waals surface area contributed by atoms with Gasteiger partial charge in [0.25, 0.3) is 5.91 Å². The summed E-state index contributed by atoms with van der Waals surface area (Å²) in [4.78, 5) is 29.6. The van der Waals surface area contributed by atoms with Crippen LogP contribution in [-0.2, 0) is 9.47 Å². The highest BCUT2D eigenvalue weighted by Crippen LogP contribution is 2.44. The van der Waals surface area contributed by atoms with Gasteiger partial charge in [-0.25, -0.2) is 4.79 Å². The molecule has 0 radical (unpaired) electrons. The second-order valence-corrected chi connectivity index (χ2v) is 7.66. The molecule has 0 saturated carbocycles. The standard InChI is InChI=1S/C24H23N3O4/c28-23(27-9-11-30-12-10-27)22-13-16(14-25-22)26-24(29)31-15-21-19-7-3-1-5-17(19)18-6-2-4-8-20(18)21/h1-8,13-14,21,25H,9-12,15H2,(H,26,29). The Morgan fingerprint density at radius 3 is 2.35 bits per heavy atom. The largest absolute Gasteiger partial charge is 0.448 e. The zero-order chi connectivity index (χ0) is 21.2. The monoisotopic (exact) mass is 417 g/mol. The lowest BCUT2D eigenvalue weighted by atomic mass is 9.98. The molecule has 3 aromatic rings. The Hall–Kier alpha value is -3.58. The van der Waals surface area contributed by atoms with Crippen molar-refractivity contribution in [3.05, 3.63) is 77.6 Å². The maximum absolute atomic E-state index is 12.5. The van der Waals surface area contributed by atoms with E-state index in [1.165, 1.54) is 11.1 Å². The number of fused-ring (bicyclic) bond motifs is 3. The number of H-pyrrole nitrogens is 1. The van der Waals surface area contributed by atoms with Gasteiger partial charge >= 0.3 is 6.09 Å². The number of carbonyl (C=O) groups excluding carboxylic acids is 2. The van der Waals surface area contributed by atoms with Gasteiger partial charge in [0, 0.05) is 25.2 Å². The van der Waals surface area contributed by atoms with Crippen molar-refractivity contribution in [3.63, 3.8) is 0 Å². The molecule has 1 fully saturated rings. The van der Waals surface area contributed by atoms with Gasteiger partial charge in [-0.1, -0.05) is 48.5 Å². The summed E-state index contributed by atoms with van der Waals surface area (Å²) in [5.41, 5.74) is 5.62. The molecule has 5 rings (SSSR count). The Balaban J connectivity index is 1.22. The van der Waals surface area contributed by atoms with Crippen molar-refractivity contribution in [1.29, 1.82) is 0 Å². The number of anilines is 1. The maximum atomic E-state index is 12.5. The number of nitrogens with zero attached hydrogens (tertiary/aromatic N) is 1. The third-order valence-electron chi connectivity index (χ3n) is 5.80. The van der Waals surface area contributed by atoms with Gasteiger partial charge in [0.15, 0.2) is 0 Å². The van der Waals surface area contributed by atoms with Crippen LogP contribution in [0.15, 0.2) is 60.8 Å². The highest BCUT2D eigenvalue weighted by Gasteiger charge is 2.29. The molecule has 2 N–H and O–H groups in total. The minimum absolute atomic E-state index is 0.00262. The first-order valence-electron chi connectivity index (χ1n) is 10.4. The topological polar surface area (TPSA) is 83.7 Å². The van der Waals surface area contributed by atoms with Crippen molar-refractivity contribution in [2.45, 2.75) is 5.92 Å². The van der Waals surface area contributed by atoms with E-state index in [2.05, 4.69) is 34.6 Å². The van der Waals surface area contributed by atoms with Crippen LogP contribution in [0.5, 0.6) is 0 Å². The molecule has 2 amide bonds. The van der Waals surface area contributed by atoms with Gasteiger partial charge in [-0.2, -0.15) is 0 Å². The van der Waals surface area contributed by atoms with Crippen LogP contribution in [-0.4, -0.2) is 54.8 Å². The van der Waals surface area contributed by atoms with Crippen molar-refractivity contribution in [1.82, 2.24) is 9.88 Å². The van der Waals surface area contributed by atoms with Crippen molar-refractivity contribution in [2.75, 3.05) is 38.2 Å². The van der Waals surface area contributed by atoms with E-state index in [1.54, 1.807) is 17.2 Å². The van der Waals surface area contributed by atoms with E-state index >= 15 is 0 Å². The third-order valence-corrected chi connectivity index (χ3v) is 5.80. The fourth-order valence-corrected chi connectivity index (χ4v) is 4.28. The summed E-state index contributed by atoms with van der Waals surface area (Å²) in [7, 11) is 0. The molecule has 31 heavy (non-hydrogen) atoms. The van der Waals surface area contributed by atoms with E-state index in [0.717, 1.165) is 11.1 Å². The van der Waals surface area contributed by atoms with E-state index in [4.69, 9.17) is 9.47 Å². The number of hydrogen-bond donors (Lipinski definition) is 2. The van der Waals surface area contributed by atoms with Crippen LogP contribution in [0.4, 0.5) is 10.5 Å². The number of amides is 2. The molecule has 1 aromatic heterocycles. The van der Waals surface area contributed by atoms with Gasteiger partial charge in [-0.15, -0.1) is 0 Å². The zero-order valence-electron chi connectivity index (χ0n) is 17.0. The number of hydrogen-bond acceptors (Lipinski definition) is 4. The molecule has 0 unspecified atom stereocenters. The highest BCUT2D eigenvalue weighted by atomic mass is 16.5. The number of aromatic amines is 1. The lowest BCUT2D eigenvalue weighted by Crippen LogP contribution is -2.40. The quantitative estimate of drug-likeness (QED) is 0.676. The summed E-state index contributed by atoms with van der Waals surface area (Å²) < 4.78 is 10.8. The molecule has 2 heterocycles. The SMILES string of the molecule is O=C(Nc1c[nH]c(C(=O)N2CCOCC2)c1)OCC1c2ccccc2-c2ccccc21. The van der Waals surface area contributed by atoms with Crippen LogP contribution < -0.4 is 5.32 Å². The molecule has 1 aliphatic carbocycles. The first kappa shape index (κ1) is 19.4. The van der Waals surface area contributed by atoms with Gasteiger partial charge < -0.3 is 19.4 Å². The van der Waals surface area contributed by atoms with E-state index in [-0.39, 0.29) is 18.4 Å². The van der Waals surface area contributed by atoms with Gasteiger partial charge in [0.1, 0.15) is 12.3 Å². The predicted octanol–water partition coefficient (Wildman–Crippen LogP) is 3.85. The smallest absolute Gasteiger partial charge is 0.411 e. The van der Waals surface area contributed by atoms with Crippen LogP contribution in [0.25, 0.3) is 11.1 Å². The molecular weight excluding hydrogens is 394 g/mol. The Bertz CT molecular complexity index is 1070. The minimum Gasteiger partial charge on any atom is -0.448 e. The van der Waals surface area contributed by atoms with Crippen LogP contribution >= 0.6 is 0 Å². The molecule has 2 aliphatic rings. The van der Waals surface area contributed by atoms with Crippen molar-refractivity contribution < 1.29 is 19.1 Å². The average molecular weight is 417 g/mol.